The van der Waals surface area contributed by atoms with Crippen LogP contribution in [0.3, 0.4) is 0 Å². The maximum absolute atomic E-state index is 12.0. The van der Waals surface area contributed by atoms with Crippen molar-refractivity contribution in [2.75, 3.05) is 0 Å². The van der Waals surface area contributed by atoms with Gasteiger partial charge in [0.2, 0.25) is 0 Å². The van der Waals surface area contributed by atoms with Gasteiger partial charge in [-0.05, 0) is 25.5 Å². The minimum atomic E-state index is -0.0855. The summed E-state index contributed by atoms with van der Waals surface area (Å²) in [4.78, 5) is 24.4. The predicted octanol–water partition coefficient (Wildman–Crippen LogP) is 1.99. The zero-order valence-electron chi connectivity index (χ0n) is 12.1. The van der Waals surface area contributed by atoms with E-state index < -0.39 is 0 Å². The molecule has 0 bridgehead atoms. The number of aromatic nitrogens is 5. The molecule has 0 aliphatic heterocycles. The Labute approximate surface area is 125 Å². The summed E-state index contributed by atoms with van der Waals surface area (Å²) >= 11 is 0. The second-order valence-corrected chi connectivity index (χ2v) is 5.42. The van der Waals surface area contributed by atoms with Crippen LogP contribution in [0.2, 0.25) is 0 Å². The molecular formula is C16H15N5O. The normalized spacial score (nSPS) is 11.5. The highest BCUT2D eigenvalue weighted by molar-refractivity contribution is 5.74. The summed E-state index contributed by atoms with van der Waals surface area (Å²) in [6.45, 7) is 1.90. The molecule has 1 aromatic carbocycles. The third-order valence-electron chi connectivity index (χ3n) is 3.69. The van der Waals surface area contributed by atoms with Crippen LogP contribution in [0, 0.1) is 6.92 Å². The minimum Gasteiger partial charge on any atom is -0.342 e. The number of para-hydroxylation sites is 2. The number of hydrogen-bond acceptors (Lipinski definition) is 3. The molecular weight excluding hydrogens is 278 g/mol. The van der Waals surface area contributed by atoms with Crippen molar-refractivity contribution in [3.05, 3.63) is 64.0 Å². The second-order valence-electron chi connectivity index (χ2n) is 5.42. The molecule has 0 atom stereocenters. The summed E-state index contributed by atoms with van der Waals surface area (Å²) in [5, 5.41) is 2.97. The quantitative estimate of drug-likeness (QED) is 0.606. The molecule has 0 saturated heterocycles. The smallest absolute Gasteiger partial charge is 0.272 e. The third kappa shape index (κ3) is 2.18. The lowest BCUT2D eigenvalue weighted by Gasteiger charge is -1.99. The van der Waals surface area contributed by atoms with Gasteiger partial charge in [0.1, 0.15) is 5.82 Å². The van der Waals surface area contributed by atoms with Crippen LogP contribution in [0.5, 0.6) is 0 Å². The standard InChI is InChI=1S/C16H15N5O/c1-10-8-15-17-11(9-16(22)21(15)20-10)6-7-14-18-12-4-2-3-5-13(12)19-14/h2-5,8-9,20H,6-7H2,1H3,(H,18,19). The lowest BCUT2D eigenvalue weighted by molar-refractivity contribution is 0.826. The molecule has 0 aliphatic rings. The number of aromatic amines is 2. The third-order valence-corrected chi connectivity index (χ3v) is 3.69. The van der Waals surface area contributed by atoms with Gasteiger partial charge in [-0.1, -0.05) is 12.1 Å². The summed E-state index contributed by atoms with van der Waals surface area (Å²) in [6.07, 6.45) is 1.40. The van der Waals surface area contributed by atoms with Gasteiger partial charge < -0.3 is 4.98 Å². The zero-order chi connectivity index (χ0) is 15.1. The molecule has 4 aromatic rings. The van der Waals surface area contributed by atoms with E-state index in [-0.39, 0.29) is 5.56 Å². The van der Waals surface area contributed by atoms with E-state index in [0.29, 0.717) is 12.1 Å². The van der Waals surface area contributed by atoms with Crippen molar-refractivity contribution in [1.82, 2.24) is 24.6 Å². The van der Waals surface area contributed by atoms with E-state index in [2.05, 4.69) is 20.1 Å². The van der Waals surface area contributed by atoms with E-state index in [1.807, 2.05) is 37.3 Å². The van der Waals surface area contributed by atoms with Crippen molar-refractivity contribution < 1.29 is 0 Å². The fourth-order valence-electron chi connectivity index (χ4n) is 2.66. The topological polar surface area (TPSA) is 78.8 Å². The molecule has 22 heavy (non-hydrogen) atoms. The van der Waals surface area contributed by atoms with Gasteiger partial charge in [-0.25, -0.2) is 14.5 Å². The van der Waals surface area contributed by atoms with Crippen molar-refractivity contribution >= 4 is 16.7 Å². The number of imidazole rings is 1. The lowest BCUT2D eigenvalue weighted by atomic mass is 10.2. The molecule has 0 radical (unpaired) electrons. The van der Waals surface area contributed by atoms with Gasteiger partial charge in [-0.3, -0.25) is 9.89 Å². The number of hydrogen-bond donors (Lipinski definition) is 2. The number of benzene rings is 1. The van der Waals surface area contributed by atoms with E-state index in [0.717, 1.165) is 34.7 Å². The number of fused-ring (bicyclic) bond motifs is 2. The Kier molecular flexibility index (Phi) is 2.82. The highest BCUT2D eigenvalue weighted by atomic mass is 16.1. The van der Waals surface area contributed by atoms with Crippen LogP contribution >= 0.6 is 0 Å². The Morgan fingerprint density at radius 2 is 2.00 bits per heavy atom. The van der Waals surface area contributed by atoms with Crippen LogP contribution in [-0.4, -0.2) is 24.6 Å². The van der Waals surface area contributed by atoms with E-state index >= 15 is 0 Å². The first-order valence-corrected chi connectivity index (χ1v) is 7.21. The summed E-state index contributed by atoms with van der Waals surface area (Å²) < 4.78 is 1.46. The lowest BCUT2D eigenvalue weighted by Crippen LogP contribution is -2.15. The predicted molar refractivity (Wildman–Crippen MR) is 84.1 cm³/mol. The molecule has 0 amide bonds. The maximum atomic E-state index is 12.0. The molecule has 110 valence electrons. The number of nitrogens with one attached hydrogen (secondary N) is 2. The molecule has 4 rings (SSSR count). The number of aryl methyl sites for hydroxylation is 3. The van der Waals surface area contributed by atoms with Gasteiger partial charge in [-0.15, -0.1) is 0 Å². The van der Waals surface area contributed by atoms with Crippen LogP contribution in [0.15, 0.2) is 41.2 Å². The van der Waals surface area contributed by atoms with Gasteiger partial charge in [0.05, 0.1) is 11.0 Å². The fourth-order valence-corrected chi connectivity index (χ4v) is 2.66. The van der Waals surface area contributed by atoms with E-state index in [4.69, 9.17) is 0 Å². The number of rotatable bonds is 3. The molecule has 6 heteroatoms. The van der Waals surface area contributed by atoms with Crippen LogP contribution in [0.1, 0.15) is 17.2 Å². The Bertz CT molecular complexity index is 991. The van der Waals surface area contributed by atoms with Gasteiger partial charge >= 0.3 is 0 Å². The monoisotopic (exact) mass is 293 g/mol. The van der Waals surface area contributed by atoms with Gasteiger partial charge in [0, 0.05) is 29.9 Å². The number of H-pyrrole nitrogens is 2. The molecule has 0 spiro atoms. The molecule has 3 aromatic heterocycles. The molecule has 0 saturated carbocycles. The Morgan fingerprint density at radius 3 is 2.86 bits per heavy atom. The molecule has 0 unspecified atom stereocenters. The van der Waals surface area contributed by atoms with Gasteiger partial charge in [0.15, 0.2) is 5.65 Å². The highest BCUT2D eigenvalue weighted by Gasteiger charge is 2.07. The maximum Gasteiger partial charge on any atom is 0.272 e. The Balaban J connectivity index is 1.61. The van der Waals surface area contributed by atoms with Crippen molar-refractivity contribution in [2.45, 2.75) is 19.8 Å². The minimum absolute atomic E-state index is 0.0855. The summed E-state index contributed by atoms with van der Waals surface area (Å²) in [5.41, 5.74) is 4.26. The SMILES string of the molecule is Cc1cc2nc(CCc3nc4ccccc4[nH]3)cc(=O)n2[nH]1. The first kappa shape index (κ1) is 12.8. The molecule has 0 fully saturated rings. The Hall–Kier alpha value is -2.89. The highest BCUT2D eigenvalue weighted by Crippen LogP contribution is 2.12. The fraction of sp³-hybridized carbons (Fsp3) is 0.188. The van der Waals surface area contributed by atoms with Gasteiger partial charge in [0.25, 0.3) is 5.56 Å². The summed E-state index contributed by atoms with van der Waals surface area (Å²) in [7, 11) is 0. The van der Waals surface area contributed by atoms with Crippen LogP contribution in [0.25, 0.3) is 16.7 Å². The van der Waals surface area contributed by atoms with Crippen LogP contribution in [-0.2, 0) is 12.8 Å². The average molecular weight is 293 g/mol. The molecule has 2 N–H and O–H groups in total. The van der Waals surface area contributed by atoms with E-state index in [1.54, 1.807) is 6.07 Å². The van der Waals surface area contributed by atoms with E-state index in [1.165, 1.54) is 4.52 Å². The summed E-state index contributed by atoms with van der Waals surface area (Å²) in [5.74, 6) is 0.911. The van der Waals surface area contributed by atoms with Crippen molar-refractivity contribution in [3.63, 3.8) is 0 Å². The van der Waals surface area contributed by atoms with Crippen molar-refractivity contribution in [3.8, 4) is 0 Å². The second kappa shape index (κ2) is 4.84. The molecule has 6 nitrogen and oxygen atoms in total. The average Bonchev–Trinajstić information content (AvgIpc) is 3.07. The summed E-state index contributed by atoms with van der Waals surface area (Å²) in [6, 6.07) is 11.4. The number of nitrogens with zero attached hydrogens (tertiary/aromatic N) is 3. The van der Waals surface area contributed by atoms with Crippen molar-refractivity contribution in [1.29, 1.82) is 0 Å². The molecule has 0 aliphatic carbocycles. The Morgan fingerprint density at radius 1 is 1.14 bits per heavy atom. The first-order chi connectivity index (χ1) is 10.7. The van der Waals surface area contributed by atoms with Crippen LogP contribution < -0.4 is 5.56 Å². The first-order valence-electron chi connectivity index (χ1n) is 7.21. The zero-order valence-corrected chi connectivity index (χ0v) is 12.1. The van der Waals surface area contributed by atoms with Gasteiger partial charge in [-0.2, -0.15) is 0 Å². The molecule has 3 heterocycles. The van der Waals surface area contributed by atoms with Crippen LogP contribution in [0.4, 0.5) is 0 Å². The largest absolute Gasteiger partial charge is 0.342 e. The van der Waals surface area contributed by atoms with E-state index in [9.17, 15) is 4.79 Å². The van der Waals surface area contributed by atoms with Crippen molar-refractivity contribution in [2.24, 2.45) is 0 Å².